The van der Waals surface area contributed by atoms with Crippen molar-refractivity contribution >= 4 is 34.4 Å². The summed E-state index contributed by atoms with van der Waals surface area (Å²) in [5, 5.41) is 17.4. The molecule has 2 rings (SSSR count). The highest BCUT2D eigenvalue weighted by atomic mass is 32.1. The number of nitro benzene ring substituents is 1. The Labute approximate surface area is 146 Å². The fraction of sp³-hybridized carbons (Fsp3) is 0.235. The Hall–Kier alpha value is -2.67. The largest absolute Gasteiger partial charge is 0.494 e. The van der Waals surface area contributed by atoms with E-state index < -0.39 is 4.92 Å². The molecule has 0 amide bonds. The molecule has 0 radical (unpaired) electrons. The zero-order valence-corrected chi connectivity index (χ0v) is 14.6. The van der Waals surface area contributed by atoms with Crippen molar-refractivity contribution in [2.24, 2.45) is 0 Å². The van der Waals surface area contributed by atoms with Gasteiger partial charge in [0.15, 0.2) is 5.11 Å². The van der Waals surface area contributed by atoms with Crippen LogP contribution in [0, 0.1) is 24.0 Å². The summed E-state index contributed by atoms with van der Waals surface area (Å²) in [6, 6.07) is 10.5. The smallest absolute Gasteiger partial charge is 0.296 e. The molecule has 2 aromatic rings. The Balaban J connectivity index is 2.15. The van der Waals surface area contributed by atoms with Crippen molar-refractivity contribution in [2.75, 3.05) is 17.2 Å². The molecule has 6 nitrogen and oxygen atoms in total. The summed E-state index contributed by atoms with van der Waals surface area (Å²) in [6.45, 7) is 6.30. The molecule has 0 aliphatic heterocycles. The second-order valence-corrected chi connectivity index (χ2v) is 5.66. The second-order valence-electron chi connectivity index (χ2n) is 5.25. The highest BCUT2D eigenvalue weighted by Crippen LogP contribution is 2.29. The van der Waals surface area contributed by atoms with E-state index in [0.717, 1.165) is 11.3 Å². The number of benzene rings is 2. The van der Waals surface area contributed by atoms with E-state index >= 15 is 0 Å². The highest BCUT2D eigenvalue weighted by molar-refractivity contribution is 7.80. The second kappa shape index (κ2) is 7.74. The van der Waals surface area contributed by atoms with Gasteiger partial charge in [0.25, 0.3) is 5.69 Å². The quantitative estimate of drug-likeness (QED) is 0.475. The number of thiocarbonyl (C=S) groups is 1. The van der Waals surface area contributed by atoms with Gasteiger partial charge in [-0.2, -0.15) is 0 Å². The number of aryl methyl sites for hydroxylation is 2. The van der Waals surface area contributed by atoms with Gasteiger partial charge in [0.2, 0.25) is 0 Å². The van der Waals surface area contributed by atoms with Gasteiger partial charge in [-0.3, -0.25) is 10.1 Å². The first-order valence-electron chi connectivity index (χ1n) is 7.47. The molecule has 0 saturated carbocycles. The Morgan fingerprint density at radius 3 is 2.54 bits per heavy atom. The van der Waals surface area contributed by atoms with Gasteiger partial charge in [-0.15, -0.1) is 0 Å². The standard InChI is InChI=1S/C17H19N3O3S/c1-4-23-14-7-8-15(16(10-14)20(21)22)19-17(24)18-13-6-5-11(2)12(3)9-13/h5-10H,4H2,1-3H3,(H2,18,19,24). The van der Waals surface area contributed by atoms with Crippen LogP contribution in [-0.2, 0) is 0 Å². The van der Waals surface area contributed by atoms with Crippen molar-refractivity contribution in [2.45, 2.75) is 20.8 Å². The third-order valence-corrected chi connectivity index (χ3v) is 3.69. The zero-order chi connectivity index (χ0) is 17.7. The van der Waals surface area contributed by atoms with E-state index in [1.807, 2.05) is 39.0 Å². The topological polar surface area (TPSA) is 76.4 Å². The summed E-state index contributed by atoms with van der Waals surface area (Å²) in [5.41, 5.74) is 3.36. The summed E-state index contributed by atoms with van der Waals surface area (Å²) in [4.78, 5) is 10.8. The predicted molar refractivity (Wildman–Crippen MR) is 100 cm³/mol. The number of hydrogen-bond donors (Lipinski definition) is 2. The van der Waals surface area contributed by atoms with Crippen LogP contribution in [-0.4, -0.2) is 16.6 Å². The van der Waals surface area contributed by atoms with Crippen LogP contribution in [0.4, 0.5) is 17.1 Å². The number of ether oxygens (including phenoxy) is 1. The van der Waals surface area contributed by atoms with E-state index in [1.165, 1.54) is 11.6 Å². The minimum atomic E-state index is -0.469. The number of anilines is 2. The third kappa shape index (κ3) is 4.42. The van der Waals surface area contributed by atoms with E-state index in [4.69, 9.17) is 17.0 Å². The molecule has 0 heterocycles. The van der Waals surface area contributed by atoms with Crippen LogP contribution in [0.5, 0.6) is 5.75 Å². The lowest BCUT2D eigenvalue weighted by atomic mass is 10.1. The summed E-state index contributed by atoms with van der Waals surface area (Å²) in [6.07, 6.45) is 0. The van der Waals surface area contributed by atoms with Crippen LogP contribution < -0.4 is 15.4 Å². The fourth-order valence-electron chi connectivity index (χ4n) is 2.13. The van der Waals surface area contributed by atoms with Crippen molar-refractivity contribution in [3.63, 3.8) is 0 Å². The number of hydrogen-bond acceptors (Lipinski definition) is 4. The summed E-state index contributed by atoms with van der Waals surface area (Å²) in [7, 11) is 0. The van der Waals surface area contributed by atoms with Crippen LogP contribution in [0.2, 0.25) is 0 Å². The van der Waals surface area contributed by atoms with Crippen LogP contribution in [0.25, 0.3) is 0 Å². The summed E-state index contributed by atoms with van der Waals surface area (Å²) in [5.74, 6) is 0.447. The molecule has 126 valence electrons. The monoisotopic (exact) mass is 345 g/mol. The van der Waals surface area contributed by atoms with E-state index in [9.17, 15) is 10.1 Å². The van der Waals surface area contributed by atoms with E-state index in [0.29, 0.717) is 18.0 Å². The molecule has 0 aromatic heterocycles. The first kappa shape index (κ1) is 17.7. The van der Waals surface area contributed by atoms with Crippen molar-refractivity contribution in [1.29, 1.82) is 0 Å². The van der Waals surface area contributed by atoms with Gasteiger partial charge < -0.3 is 15.4 Å². The Morgan fingerprint density at radius 1 is 1.17 bits per heavy atom. The summed E-state index contributed by atoms with van der Waals surface area (Å²) >= 11 is 5.25. The highest BCUT2D eigenvalue weighted by Gasteiger charge is 2.16. The lowest BCUT2D eigenvalue weighted by Gasteiger charge is -2.12. The molecule has 0 saturated heterocycles. The van der Waals surface area contributed by atoms with Crippen LogP contribution in [0.1, 0.15) is 18.1 Å². The maximum absolute atomic E-state index is 11.2. The maximum Gasteiger partial charge on any atom is 0.296 e. The molecule has 0 fully saturated rings. The molecular formula is C17H19N3O3S. The first-order chi connectivity index (χ1) is 11.4. The third-order valence-electron chi connectivity index (χ3n) is 3.49. The fourth-order valence-corrected chi connectivity index (χ4v) is 2.36. The molecule has 24 heavy (non-hydrogen) atoms. The van der Waals surface area contributed by atoms with Gasteiger partial charge in [0, 0.05) is 5.69 Å². The van der Waals surface area contributed by atoms with Gasteiger partial charge in [0.05, 0.1) is 17.6 Å². The van der Waals surface area contributed by atoms with Gasteiger partial charge in [0.1, 0.15) is 11.4 Å². The van der Waals surface area contributed by atoms with Crippen molar-refractivity contribution in [3.8, 4) is 5.75 Å². The van der Waals surface area contributed by atoms with E-state index in [-0.39, 0.29) is 10.8 Å². The average molecular weight is 345 g/mol. The van der Waals surface area contributed by atoms with Crippen molar-refractivity contribution < 1.29 is 9.66 Å². The minimum absolute atomic E-state index is 0.0924. The van der Waals surface area contributed by atoms with Gasteiger partial charge in [-0.25, -0.2) is 0 Å². The molecular weight excluding hydrogens is 326 g/mol. The molecule has 2 N–H and O–H groups in total. The number of nitrogens with zero attached hydrogens (tertiary/aromatic N) is 1. The van der Waals surface area contributed by atoms with Crippen LogP contribution in [0.3, 0.4) is 0 Å². The Morgan fingerprint density at radius 2 is 1.92 bits per heavy atom. The lowest BCUT2D eigenvalue weighted by Crippen LogP contribution is -2.19. The molecule has 0 aliphatic rings. The molecule has 0 atom stereocenters. The van der Waals surface area contributed by atoms with Crippen molar-refractivity contribution in [1.82, 2.24) is 0 Å². The molecule has 0 bridgehead atoms. The maximum atomic E-state index is 11.2. The molecule has 0 spiro atoms. The Bertz CT molecular complexity index is 778. The van der Waals surface area contributed by atoms with Gasteiger partial charge >= 0.3 is 0 Å². The average Bonchev–Trinajstić information content (AvgIpc) is 2.52. The van der Waals surface area contributed by atoms with Gasteiger partial charge in [-0.1, -0.05) is 6.07 Å². The number of nitrogens with one attached hydrogen (secondary N) is 2. The summed E-state index contributed by atoms with van der Waals surface area (Å²) < 4.78 is 5.30. The number of nitro groups is 1. The predicted octanol–water partition coefficient (Wildman–Crippen LogP) is 4.42. The number of rotatable bonds is 5. The molecule has 0 aliphatic carbocycles. The normalized spacial score (nSPS) is 10.1. The minimum Gasteiger partial charge on any atom is -0.494 e. The lowest BCUT2D eigenvalue weighted by molar-refractivity contribution is -0.384. The van der Waals surface area contributed by atoms with Crippen molar-refractivity contribution in [3.05, 3.63) is 57.6 Å². The SMILES string of the molecule is CCOc1ccc(NC(=S)Nc2ccc(C)c(C)c2)c([N+](=O)[O-])c1. The van der Waals surface area contributed by atoms with Gasteiger partial charge in [-0.05, 0) is 68.4 Å². The Kier molecular flexibility index (Phi) is 5.70. The van der Waals surface area contributed by atoms with E-state index in [2.05, 4.69) is 10.6 Å². The van der Waals surface area contributed by atoms with E-state index in [1.54, 1.807) is 12.1 Å². The first-order valence-corrected chi connectivity index (χ1v) is 7.88. The van der Waals surface area contributed by atoms with Crippen LogP contribution >= 0.6 is 12.2 Å². The zero-order valence-electron chi connectivity index (χ0n) is 13.8. The molecule has 2 aromatic carbocycles. The molecule has 7 heteroatoms. The van der Waals surface area contributed by atoms with Crippen LogP contribution in [0.15, 0.2) is 36.4 Å². The molecule has 0 unspecified atom stereocenters.